The molecular weight excluding hydrogens is 164 g/mol. The van der Waals surface area contributed by atoms with Gasteiger partial charge < -0.3 is 9.47 Å². The highest BCUT2D eigenvalue weighted by Crippen LogP contribution is 1.99. The highest BCUT2D eigenvalue weighted by Gasteiger charge is 1.90. The van der Waals surface area contributed by atoms with Crippen LogP contribution in [0.3, 0.4) is 0 Å². The third-order valence-electron chi connectivity index (χ3n) is 1.52. The lowest BCUT2D eigenvalue weighted by molar-refractivity contribution is 0.0805. The zero-order valence-electron chi connectivity index (χ0n) is 7.40. The van der Waals surface area contributed by atoms with Crippen LogP contribution in [-0.2, 0) is 16.1 Å². The largest absolute Gasteiger partial charge is 0.444 e. The highest BCUT2D eigenvalue weighted by molar-refractivity contribution is 5.13. The maximum absolute atomic E-state index is 5.30. The third kappa shape index (κ3) is 4.19. The van der Waals surface area contributed by atoms with Crippen molar-refractivity contribution in [1.82, 2.24) is 0 Å². The van der Waals surface area contributed by atoms with Crippen molar-refractivity contribution in [2.75, 3.05) is 13.2 Å². The summed E-state index contributed by atoms with van der Waals surface area (Å²) in [7, 11) is 0. The van der Waals surface area contributed by atoms with Gasteiger partial charge in [0.1, 0.15) is 12.7 Å². The Morgan fingerprint density at radius 1 is 1.15 bits per heavy atom. The summed E-state index contributed by atoms with van der Waals surface area (Å²) in [5, 5.41) is 0. The summed E-state index contributed by atoms with van der Waals surface area (Å²) in [5.74, 6) is 0. The molecule has 0 saturated heterocycles. The number of ether oxygens (including phenoxy) is 2. The molecule has 0 heterocycles. The molecule has 0 radical (unpaired) electrons. The van der Waals surface area contributed by atoms with E-state index in [1.54, 1.807) is 0 Å². The Labute approximate surface area is 78.5 Å². The van der Waals surface area contributed by atoms with Crippen LogP contribution in [0.1, 0.15) is 5.56 Å². The van der Waals surface area contributed by atoms with Crippen molar-refractivity contribution in [2.24, 2.45) is 0 Å². The van der Waals surface area contributed by atoms with Crippen LogP contribution in [-0.4, -0.2) is 13.2 Å². The van der Waals surface area contributed by atoms with E-state index in [-0.39, 0.29) is 0 Å². The Morgan fingerprint density at radius 3 is 2.62 bits per heavy atom. The molecule has 0 aliphatic heterocycles. The number of rotatable bonds is 5. The molecular formula is C11H12O2. The van der Waals surface area contributed by atoms with E-state index in [0.29, 0.717) is 19.8 Å². The lowest BCUT2D eigenvalue weighted by Gasteiger charge is -2.02. The molecule has 0 atom stereocenters. The van der Waals surface area contributed by atoms with E-state index in [1.165, 1.54) is 0 Å². The molecule has 0 N–H and O–H groups in total. The summed E-state index contributed by atoms with van der Waals surface area (Å²) in [4.78, 5) is 0. The van der Waals surface area contributed by atoms with Gasteiger partial charge in [-0.25, -0.2) is 0 Å². The Morgan fingerprint density at radius 2 is 1.92 bits per heavy atom. The van der Waals surface area contributed by atoms with E-state index in [1.807, 2.05) is 30.3 Å². The first-order valence-corrected chi connectivity index (χ1v) is 4.12. The Balaban J connectivity index is 2.11. The SMILES string of the molecule is C#COCCOCc1ccccc1. The lowest BCUT2D eigenvalue weighted by atomic mass is 10.2. The van der Waals surface area contributed by atoms with Crippen LogP contribution in [0.2, 0.25) is 0 Å². The second-order valence-electron chi connectivity index (χ2n) is 2.50. The maximum Gasteiger partial charge on any atom is 0.123 e. The molecule has 0 aliphatic rings. The van der Waals surface area contributed by atoms with Gasteiger partial charge in [0, 0.05) is 0 Å². The topological polar surface area (TPSA) is 18.5 Å². The van der Waals surface area contributed by atoms with Crippen molar-refractivity contribution in [3.05, 3.63) is 35.9 Å². The summed E-state index contributed by atoms with van der Waals surface area (Å²) < 4.78 is 9.98. The van der Waals surface area contributed by atoms with E-state index in [2.05, 4.69) is 10.8 Å². The first-order valence-electron chi connectivity index (χ1n) is 4.12. The second-order valence-corrected chi connectivity index (χ2v) is 2.50. The van der Waals surface area contributed by atoms with Crippen molar-refractivity contribution in [3.8, 4) is 12.5 Å². The minimum absolute atomic E-state index is 0.448. The van der Waals surface area contributed by atoms with E-state index >= 15 is 0 Å². The molecule has 0 aromatic heterocycles. The van der Waals surface area contributed by atoms with Crippen molar-refractivity contribution < 1.29 is 9.47 Å². The molecule has 1 aromatic rings. The summed E-state index contributed by atoms with van der Waals surface area (Å²) >= 11 is 0. The number of hydrogen-bond acceptors (Lipinski definition) is 2. The zero-order valence-corrected chi connectivity index (χ0v) is 7.40. The monoisotopic (exact) mass is 176 g/mol. The molecule has 0 fully saturated rings. The standard InChI is InChI=1S/C11H12O2/c1-2-12-8-9-13-10-11-6-4-3-5-7-11/h1,3-7H,8-10H2. The van der Waals surface area contributed by atoms with Crippen LogP contribution in [0.4, 0.5) is 0 Å². The molecule has 2 nitrogen and oxygen atoms in total. The van der Waals surface area contributed by atoms with Crippen LogP contribution >= 0.6 is 0 Å². The smallest absolute Gasteiger partial charge is 0.123 e. The Kier molecular flexibility index (Phi) is 4.52. The molecule has 0 spiro atoms. The van der Waals surface area contributed by atoms with Crippen molar-refractivity contribution in [3.63, 3.8) is 0 Å². The van der Waals surface area contributed by atoms with Gasteiger partial charge in [0.25, 0.3) is 0 Å². The maximum atomic E-state index is 5.30. The fourth-order valence-electron chi connectivity index (χ4n) is 0.924. The number of terminal acetylenes is 1. The molecule has 0 aliphatic carbocycles. The van der Waals surface area contributed by atoms with Crippen LogP contribution in [0.25, 0.3) is 0 Å². The normalized spacial score (nSPS) is 9.15. The minimum atomic E-state index is 0.448. The Hall–Kier alpha value is -1.46. The Bertz CT molecular complexity index is 261. The van der Waals surface area contributed by atoms with Crippen molar-refractivity contribution in [1.29, 1.82) is 0 Å². The average Bonchev–Trinajstić information content (AvgIpc) is 2.19. The fourth-order valence-corrected chi connectivity index (χ4v) is 0.924. The summed E-state index contributed by atoms with van der Waals surface area (Å²) in [6.45, 7) is 1.58. The van der Waals surface area contributed by atoms with E-state index in [9.17, 15) is 0 Å². The molecule has 0 saturated carbocycles. The van der Waals surface area contributed by atoms with E-state index < -0.39 is 0 Å². The average molecular weight is 176 g/mol. The third-order valence-corrected chi connectivity index (χ3v) is 1.52. The van der Waals surface area contributed by atoms with Gasteiger partial charge in [-0.3, -0.25) is 0 Å². The van der Waals surface area contributed by atoms with Gasteiger partial charge in [-0.15, -0.1) is 0 Å². The van der Waals surface area contributed by atoms with Gasteiger partial charge in [-0.2, -0.15) is 0 Å². The van der Waals surface area contributed by atoms with Crippen molar-refractivity contribution >= 4 is 0 Å². The van der Waals surface area contributed by atoms with Crippen LogP contribution in [0, 0.1) is 12.5 Å². The zero-order chi connectivity index (χ0) is 9.36. The molecule has 0 unspecified atom stereocenters. The molecule has 0 bridgehead atoms. The molecule has 68 valence electrons. The molecule has 1 rings (SSSR count). The quantitative estimate of drug-likeness (QED) is 0.503. The number of benzene rings is 1. The van der Waals surface area contributed by atoms with E-state index in [0.717, 1.165) is 5.56 Å². The first kappa shape index (κ1) is 9.63. The van der Waals surface area contributed by atoms with Gasteiger partial charge in [-0.05, 0) is 5.56 Å². The van der Waals surface area contributed by atoms with Crippen molar-refractivity contribution in [2.45, 2.75) is 6.61 Å². The highest BCUT2D eigenvalue weighted by atomic mass is 16.5. The predicted octanol–water partition coefficient (Wildman–Crippen LogP) is 1.81. The minimum Gasteiger partial charge on any atom is -0.444 e. The van der Waals surface area contributed by atoms with Gasteiger partial charge >= 0.3 is 0 Å². The summed E-state index contributed by atoms with van der Waals surface area (Å²) in [6, 6.07) is 9.97. The predicted molar refractivity (Wildman–Crippen MR) is 50.9 cm³/mol. The van der Waals surface area contributed by atoms with Crippen LogP contribution in [0.5, 0.6) is 0 Å². The van der Waals surface area contributed by atoms with Crippen LogP contribution < -0.4 is 0 Å². The molecule has 2 heteroatoms. The molecule has 13 heavy (non-hydrogen) atoms. The van der Waals surface area contributed by atoms with Gasteiger partial charge in [0.2, 0.25) is 0 Å². The lowest BCUT2D eigenvalue weighted by Crippen LogP contribution is -2.01. The number of hydrogen-bond donors (Lipinski definition) is 0. The molecule has 1 aromatic carbocycles. The van der Waals surface area contributed by atoms with Crippen LogP contribution in [0.15, 0.2) is 30.3 Å². The van der Waals surface area contributed by atoms with E-state index in [4.69, 9.17) is 11.2 Å². The van der Waals surface area contributed by atoms with Gasteiger partial charge in [-0.1, -0.05) is 36.8 Å². The van der Waals surface area contributed by atoms with Gasteiger partial charge in [0.05, 0.1) is 13.2 Å². The summed E-state index contributed by atoms with van der Waals surface area (Å²) in [5.41, 5.74) is 1.16. The second kappa shape index (κ2) is 6.10. The first-order chi connectivity index (χ1) is 6.43. The fraction of sp³-hybridized carbons (Fsp3) is 0.273. The summed E-state index contributed by atoms with van der Waals surface area (Å²) in [6.07, 6.45) is 6.98. The molecule has 0 amide bonds. The van der Waals surface area contributed by atoms with Gasteiger partial charge in [0.15, 0.2) is 0 Å².